The quantitative estimate of drug-likeness (QED) is 0.757. The molecule has 25 heavy (non-hydrogen) atoms. The first-order valence-electron chi connectivity index (χ1n) is 8.39. The van der Waals surface area contributed by atoms with E-state index in [0.29, 0.717) is 18.7 Å². The maximum absolute atomic E-state index is 12.2. The van der Waals surface area contributed by atoms with Crippen molar-refractivity contribution in [3.05, 3.63) is 27.0 Å². The number of likely N-dealkylation sites (tertiary alicyclic amines) is 1. The number of rotatable bonds is 5. The molecule has 1 N–H and O–H groups in total. The summed E-state index contributed by atoms with van der Waals surface area (Å²) < 4.78 is 1.01. The fourth-order valence-corrected chi connectivity index (χ4v) is 5.08. The van der Waals surface area contributed by atoms with Crippen LogP contribution >= 0.6 is 38.6 Å². The van der Waals surface area contributed by atoms with Crippen LogP contribution in [-0.2, 0) is 4.79 Å². The van der Waals surface area contributed by atoms with E-state index >= 15 is 0 Å². The van der Waals surface area contributed by atoms with E-state index in [-0.39, 0.29) is 11.8 Å². The Kier molecular flexibility index (Phi) is 6.61. The minimum Gasteiger partial charge on any atom is -0.350 e. The number of nitrogens with one attached hydrogen (secondary N) is 1. The van der Waals surface area contributed by atoms with Crippen molar-refractivity contribution in [3.8, 4) is 9.88 Å². The van der Waals surface area contributed by atoms with Crippen LogP contribution in [0.2, 0.25) is 0 Å². The third-order valence-electron chi connectivity index (χ3n) is 4.10. The minimum atomic E-state index is -0.221. The smallest absolute Gasteiger partial charge is 0.270 e. The molecule has 0 bridgehead atoms. The van der Waals surface area contributed by atoms with Gasteiger partial charge in [0, 0.05) is 41.3 Å². The van der Waals surface area contributed by atoms with Crippen molar-refractivity contribution in [2.45, 2.75) is 32.1 Å². The van der Waals surface area contributed by atoms with Crippen LogP contribution in [0.3, 0.4) is 0 Å². The predicted octanol–water partition coefficient (Wildman–Crippen LogP) is 4.16. The van der Waals surface area contributed by atoms with Crippen molar-refractivity contribution >= 4 is 50.4 Å². The highest BCUT2D eigenvalue weighted by atomic mass is 79.9. The molecule has 0 radical (unpaired) electrons. The summed E-state index contributed by atoms with van der Waals surface area (Å²) >= 11 is 6.46. The summed E-state index contributed by atoms with van der Waals surface area (Å²) in [6.07, 6.45) is 4.92. The summed E-state index contributed by atoms with van der Waals surface area (Å²) in [5.74, 6) is -0.0913. The Bertz CT molecular complexity index is 736. The summed E-state index contributed by atoms with van der Waals surface area (Å²) in [4.78, 5) is 31.8. The number of carbonyl (C=O) groups is 2. The van der Waals surface area contributed by atoms with Crippen LogP contribution < -0.4 is 5.32 Å². The van der Waals surface area contributed by atoms with Gasteiger partial charge in [0.25, 0.3) is 5.91 Å². The lowest BCUT2D eigenvalue weighted by Gasteiger charge is -2.20. The summed E-state index contributed by atoms with van der Waals surface area (Å²) in [6, 6.07) is 1.99. The first-order chi connectivity index (χ1) is 12.1. The van der Waals surface area contributed by atoms with Crippen molar-refractivity contribution < 1.29 is 9.59 Å². The van der Waals surface area contributed by atoms with Gasteiger partial charge in [-0.3, -0.25) is 9.59 Å². The molecule has 1 aliphatic rings. The second kappa shape index (κ2) is 8.91. The van der Waals surface area contributed by atoms with Crippen molar-refractivity contribution in [3.63, 3.8) is 0 Å². The molecule has 2 aromatic rings. The zero-order valence-corrected chi connectivity index (χ0v) is 17.0. The molecular formula is C17H20BrN3O2S2. The normalized spacial score (nSPS) is 15.0. The van der Waals surface area contributed by atoms with Gasteiger partial charge in [0.05, 0.1) is 4.88 Å². The Morgan fingerprint density at radius 3 is 2.60 bits per heavy atom. The maximum atomic E-state index is 12.2. The standard InChI is InChI=1S/C17H20BrN3O2S2/c18-12-9-14(24-10-12)17-20-13(11-25-17)16(23)19-6-5-15(22)21-7-3-1-2-4-8-21/h9-11H,1-8H2,(H,19,23). The maximum Gasteiger partial charge on any atom is 0.270 e. The van der Waals surface area contributed by atoms with Crippen molar-refractivity contribution in [2.24, 2.45) is 0 Å². The van der Waals surface area contributed by atoms with E-state index in [4.69, 9.17) is 0 Å². The second-order valence-electron chi connectivity index (χ2n) is 5.97. The van der Waals surface area contributed by atoms with Gasteiger partial charge >= 0.3 is 0 Å². The van der Waals surface area contributed by atoms with Crippen LogP contribution in [0.5, 0.6) is 0 Å². The Balaban J connectivity index is 1.48. The van der Waals surface area contributed by atoms with Crippen molar-refractivity contribution in [1.29, 1.82) is 0 Å². The van der Waals surface area contributed by atoms with E-state index in [9.17, 15) is 9.59 Å². The van der Waals surface area contributed by atoms with Crippen molar-refractivity contribution in [2.75, 3.05) is 19.6 Å². The molecule has 0 atom stereocenters. The van der Waals surface area contributed by atoms with E-state index in [1.165, 1.54) is 24.2 Å². The van der Waals surface area contributed by atoms with Crippen LogP contribution in [0, 0.1) is 0 Å². The Hall–Kier alpha value is -1.25. The third kappa shape index (κ3) is 5.12. The van der Waals surface area contributed by atoms with Crippen LogP contribution in [0.4, 0.5) is 0 Å². The number of thiazole rings is 1. The zero-order valence-electron chi connectivity index (χ0n) is 13.8. The molecule has 0 aromatic carbocycles. The van der Waals surface area contributed by atoms with E-state index in [1.54, 1.807) is 16.7 Å². The molecular weight excluding hydrogens is 422 g/mol. The summed E-state index contributed by atoms with van der Waals surface area (Å²) in [7, 11) is 0. The van der Waals surface area contributed by atoms with Gasteiger partial charge in [0.2, 0.25) is 5.91 Å². The predicted molar refractivity (Wildman–Crippen MR) is 105 cm³/mol. The fraction of sp³-hybridized carbons (Fsp3) is 0.471. The molecule has 0 saturated carbocycles. The molecule has 0 aliphatic carbocycles. The lowest BCUT2D eigenvalue weighted by atomic mass is 10.2. The highest BCUT2D eigenvalue weighted by molar-refractivity contribution is 9.10. The van der Waals surface area contributed by atoms with Gasteiger partial charge in [-0.1, -0.05) is 12.8 Å². The SMILES string of the molecule is O=C(NCCC(=O)N1CCCCCC1)c1csc(-c2cc(Br)cs2)n1. The largest absolute Gasteiger partial charge is 0.350 e. The first-order valence-corrected chi connectivity index (χ1v) is 10.9. The van der Waals surface area contributed by atoms with Gasteiger partial charge in [-0.2, -0.15) is 0 Å². The number of halogens is 1. The van der Waals surface area contributed by atoms with Gasteiger partial charge in [0.1, 0.15) is 10.7 Å². The molecule has 5 nitrogen and oxygen atoms in total. The van der Waals surface area contributed by atoms with Crippen molar-refractivity contribution in [1.82, 2.24) is 15.2 Å². The number of thiophene rings is 1. The van der Waals surface area contributed by atoms with E-state index in [2.05, 4.69) is 26.2 Å². The minimum absolute atomic E-state index is 0.129. The molecule has 1 fully saturated rings. The monoisotopic (exact) mass is 441 g/mol. The van der Waals surface area contributed by atoms with Gasteiger partial charge in [-0.25, -0.2) is 4.98 Å². The summed E-state index contributed by atoms with van der Waals surface area (Å²) in [5, 5.41) is 7.39. The van der Waals surface area contributed by atoms with Gasteiger partial charge in [0.15, 0.2) is 0 Å². The van der Waals surface area contributed by atoms with Gasteiger partial charge in [-0.05, 0) is 34.8 Å². The van der Waals surface area contributed by atoms with E-state index in [1.807, 2.05) is 16.3 Å². The average Bonchev–Trinajstić information content (AvgIpc) is 3.16. The number of amides is 2. The average molecular weight is 442 g/mol. The molecule has 0 unspecified atom stereocenters. The van der Waals surface area contributed by atoms with Crippen LogP contribution in [0.15, 0.2) is 21.3 Å². The number of hydrogen-bond acceptors (Lipinski definition) is 5. The Morgan fingerprint density at radius 1 is 1.16 bits per heavy atom. The molecule has 2 amide bonds. The van der Waals surface area contributed by atoms with Crippen LogP contribution in [0.1, 0.15) is 42.6 Å². The number of carbonyl (C=O) groups excluding carboxylic acids is 2. The molecule has 0 spiro atoms. The molecule has 1 saturated heterocycles. The first kappa shape index (κ1) is 18.5. The zero-order chi connectivity index (χ0) is 17.6. The Labute approximate surface area is 163 Å². The highest BCUT2D eigenvalue weighted by Crippen LogP contribution is 2.31. The number of hydrogen-bond donors (Lipinski definition) is 1. The topological polar surface area (TPSA) is 62.3 Å². The molecule has 3 rings (SSSR count). The van der Waals surface area contributed by atoms with E-state index < -0.39 is 0 Å². The summed E-state index contributed by atoms with van der Waals surface area (Å²) in [6.45, 7) is 2.04. The molecule has 1 aliphatic heterocycles. The molecule has 2 aromatic heterocycles. The molecule has 134 valence electrons. The second-order valence-corrected chi connectivity index (χ2v) is 8.65. The van der Waals surface area contributed by atoms with Gasteiger partial charge < -0.3 is 10.2 Å². The lowest BCUT2D eigenvalue weighted by Crippen LogP contribution is -2.35. The number of aromatic nitrogens is 1. The van der Waals surface area contributed by atoms with Crippen LogP contribution in [0.25, 0.3) is 9.88 Å². The van der Waals surface area contributed by atoms with Gasteiger partial charge in [-0.15, -0.1) is 22.7 Å². The third-order valence-corrected chi connectivity index (χ3v) is 6.80. The van der Waals surface area contributed by atoms with Crippen LogP contribution in [-0.4, -0.2) is 41.3 Å². The lowest BCUT2D eigenvalue weighted by molar-refractivity contribution is -0.131. The molecule has 8 heteroatoms. The summed E-state index contributed by atoms with van der Waals surface area (Å²) in [5.41, 5.74) is 0.409. The van der Waals surface area contributed by atoms with E-state index in [0.717, 1.165) is 40.3 Å². The number of nitrogens with zero attached hydrogens (tertiary/aromatic N) is 2. The molecule has 3 heterocycles. The fourth-order valence-electron chi connectivity index (χ4n) is 2.77. The highest BCUT2D eigenvalue weighted by Gasteiger charge is 2.16. The Morgan fingerprint density at radius 2 is 1.92 bits per heavy atom.